The first-order chi connectivity index (χ1) is 18.2. The number of aromatic nitrogens is 5. The van der Waals surface area contributed by atoms with Crippen molar-refractivity contribution < 1.29 is 14.0 Å². The Kier molecular flexibility index (Phi) is 6.32. The number of imidazole rings is 1. The summed E-state index contributed by atoms with van der Waals surface area (Å²) in [6, 6.07) is 8.61. The van der Waals surface area contributed by atoms with Gasteiger partial charge in [-0.15, -0.1) is 0 Å². The van der Waals surface area contributed by atoms with Crippen LogP contribution < -0.4 is 0 Å². The number of aryl methyl sites for hydroxylation is 2. The molecule has 0 radical (unpaired) electrons. The Labute approximate surface area is 227 Å². The lowest BCUT2D eigenvalue weighted by Gasteiger charge is -2.46. The van der Waals surface area contributed by atoms with E-state index in [2.05, 4.69) is 31.0 Å². The number of carbonyl (C=O) groups is 2. The normalized spacial score (nSPS) is 15.7. The van der Waals surface area contributed by atoms with Crippen LogP contribution in [0.15, 0.2) is 36.5 Å². The smallest absolute Gasteiger partial charge is 0.274 e. The van der Waals surface area contributed by atoms with Gasteiger partial charge in [-0.2, -0.15) is 10.2 Å². The summed E-state index contributed by atoms with van der Waals surface area (Å²) in [5.41, 5.74) is 4.12. The fourth-order valence-corrected chi connectivity index (χ4v) is 5.12. The predicted octanol–water partition coefficient (Wildman–Crippen LogP) is 4.55. The highest BCUT2D eigenvalue weighted by Gasteiger charge is 2.40. The predicted molar refractivity (Wildman–Crippen MR) is 146 cm³/mol. The van der Waals surface area contributed by atoms with Crippen LogP contribution >= 0.6 is 0 Å². The van der Waals surface area contributed by atoms with Gasteiger partial charge in [0, 0.05) is 30.8 Å². The van der Waals surface area contributed by atoms with E-state index in [4.69, 9.17) is 10.1 Å². The van der Waals surface area contributed by atoms with Gasteiger partial charge in [-0.3, -0.25) is 14.7 Å². The quantitative estimate of drug-likeness (QED) is 0.418. The lowest BCUT2D eigenvalue weighted by molar-refractivity contribution is 0.0163. The number of halogens is 1. The highest BCUT2D eigenvalue weighted by molar-refractivity contribution is 5.95. The van der Waals surface area contributed by atoms with Crippen molar-refractivity contribution in [3.63, 3.8) is 0 Å². The van der Waals surface area contributed by atoms with Crippen LogP contribution in [0.2, 0.25) is 0 Å². The van der Waals surface area contributed by atoms with Crippen molar-refractivity contribution in [3.05, 3.63) is 70.6 Å². The Morgan fingerprint density at radius 3 is 2.41 bits per heavy atom. The molecule has 4 heterocycles. The van der Waals surface area contributed by atoms with E-state index < -0.39 is 5.54 Å². The standard InChI is InChI=1S/C29H34FN7O2/c1-17-12-19(8-9-21(17)30)22-14-20(28(3,4)5)25-31-24(15-37(25)34-22)27(39)36-11-10-35(16-29(36,6)7)26(38)23-13-18(2)32-33-23/h8-9,12-15H,10-11,16H2,1-7H3,(H,32,33). The average molecular weight is 532 g/mol. The molecule has 10 heteroatoms. The van der Waals surface area contributed by atoms with Gasteiger partial charge in [0.05, 0.1) is 23.1 Å². The van der Waals surface area contributed by atoms with E-state index in [0.29, 0.717) is 42.2 Å². The Bertz CT molecular complexity index is 1590. The number of benzene rings is 1. The van der Waals surface area contributed by atoms with Crippen molar-refractivity contribution >= 4 is 17.5 Å². The Hall–Kier alpha value is -4.08. The number of nitrogens with one attached hydrogen (secondary N) is 1. The second-order valence-electron chi connectivity index (χ2n) is 12.0. The topological polar surface area (TPSA) is 99.5 Å². The lowest BCUT2D eigenvalue weighted by atomic mass is 9.87. The minimum Gasteiger partial charge on any atom is -0.333 e. The molecular weight excluding hydrogens is 497 g/mol. The molecule has 2 amide bonds. The van der Waals surface area contributed by atoms with E-state index >= 15 is 0 Å². The van der Waals surface area contributed by atoms with Gasteiger partial charge < -0.3 is 9.80 Å². The number of H-pyrrole nitrogens is 1. The molecule has 39 heavy (non-hydrogen) atoms. The Morgan fingerprint density at radius 2 is 1.79 bits per heavy atom. The molecule has 0 saturated carbocycles. The summed E-state index contributed by atoms with van der Waals surface area (Å²) in [5, 5.41) is 11.6. The van der Waals surface area contributed by atoms with Crippen LogP contribution in [-0.4, -0.2) is 71.6 Å². The van der Waals surface area contributed by atoms with Gasteiger partial charge in [0.15, 0.2) is 5.65 Å². The van der Waals surface area contributed by atoms with Gasteiger partial charge in [0.25, 0.3) is 11.8 Å². The van der Waals surface area contributed by atoms with Crippen molar-refractivity contribution in [2.45, 2.75) is 59.4 Å². The summed E-state index contributed by atoms with van der Waals surface area (Å²) < 4.78 is 15.6. The summed E-state index contributed by atoms with van der Waals surface area (Å²) in [5.74, 6) is -0.615. The SMILES string of the molecule is Cc1cc(C(=O)N2CCN(C(=O)c3cn4nc(-c5ccc(F)c(C)c5)cc(C(C)(C)C)c4n3)C(C)(C)C2)[nH]n1. The maximum atomic E-state index is 13.9. The van der Waals surface area contributed by atoms with Crippen LogP contribution in [0.5, 0.6) is 0 Å². The van der Waals surface area contributed by atoms with E-state index in [1.54, 1.807) is 45.6 Å². The first kappa shape index (κ1) is 26.5. The number of rotatable bonds is 3. The van der Waals surface area contributed by atoms with Crippen molar-refractivity contribution in [2.24, 2.45) is 0 Å². The second-order valence-corrected chi connectivity index (χ2v) is 12.0. The first-order valence-electron chi connectivity index (χ1n) is 13.1. The number of nitrogens with zero attached hydrogens (tertiary/aromatic N) is 6. The van der Waals surface area contributed by atoms with Crippen molar-refractivity contribution in [3.8, 4) is 11.3 Å². The Balaban J connectivity index is 1.47. The zero-order chi connectivity index (χ0) is 28.3. The van der Waals surface area contributed by atoms with Crippen LogP contribution in [0.1, 0.15) is 72.4 Å². The fraction of sp³-hybridized carbons (Fsp3) is 0.414. The molecule has 204 valence electrons. The first-order valence-corrected chi connectivity index (χ1v) is 13.1. The summed E-state index contributed by atoms with van der Waals surface area (Å²) in [4.78, 5) is 35.1. The minimum atomic E-state index is -0.618. The van der Waals surface area contributed by atoms with Gasteiger partial charge in [-0.25, -0.2) is 13.9 Å². The third-order valence-corrected chi connectivity index (χ3v) is 7.28. The van der Waals surface area contributed by atoms with E-state index in [1.807, 2.05) is 26.8 Å². The van der Waals surface area contributed by atoms with E-state index in [1.165, 1.54) is 6.07 Å². The van der Waals surface area contributed by atoms with Gasteiger partial charge in [-0.1, -0.05) is 20.8 Å². The molecule has 0 atom stereocenters. The zero-order valence-corrected chi connectivity index (χ0v) is 23.5. The minimum absolute atomic E-state index is 0.133. The highest BCUT2D eigenvalue weighted by Crippen LogP contribution is 2.31. The maximum absolute atomic E-state index is 13.9. The molecule has 1 saturated heterocycles. The average Bonchev–Trinajstić information content (AvgIpc) is 3.49. The van der Waals surface area contributed by atoms with Gasteiger partial charge in [-0.05, 0) is 69.0 Å². The summed E-state index contributed by atoms with van der Waals surface area (Å²) in [6.07, 6.45) is 1.66. The second kappa shape index (κ2) is 9.29. The van der Waals surface area contributed by atoms with Crippen molar-refractivity contribution in [1.29, 1.82) is 0 Å². The van der Waals surface area contributed by atoms with Crippen LogP contribution in [0, 0.1) is 19.7 Å². The number of carbonyl (C=O) groups excluding carboxylic acids is 2. The molecule has 5 rings (SSSR count). The van der Waals surface area contributed by atoms with Gasteiger partial charge in [0.1, 0.15) is 17.2 Å². The van der Waals surface area contributed by atoms with Crippen molar-refractivity contribution in [1.82, 2.24) is 34.6 Å². The molecule has 0 bridgehead atoms. The molecule has 9 nitrogen and oxygen atoms in total. The molecule has 1 N–H and O–H groups in total. The highest BCUT2D eigenvalue weighted by atomic mass is 19.1. The van der Waals surface area contributed by atoms with E-state index in [-0.39, 0.29) is 28.7 Å². The molecule has 0 unspecified atom stereocenters. The number of fused-ring (bicyclic) bond motifs is 1. The molecule has 4 aromatic rings. The molecule has 1 aromatic carbocycles. The lowest BCUT2D eigenvalue weighted by Crippen LogP contribution is -2.62. The summed E-state index contributed by atoms with van der Waals surface area (Å²) in [6.45, 7) is 14.8. The van der Waals surface area contributed by atoms with Crippen LogP contribution in [0.25, 0.3) is 16.9 Å². The zero-order valence-electron chi connectivity index (χ0n) is 23.5. The maximum Gasteiger partial charge on any atom is 0.274 e. The Morgan fingerprint density at radius 1 is 1.05 bits per heavy atom. The van der Waals surface area contributed by atoms with Crippen LogP contribution in [0.4, 0.5) is 4.39 Å². The third-order valence-electron chi connectivity index (χ3n) is 7.28. The monoisotopic (exact) mass is 531 g/mol. The van der Waals surface area contributed by atoms with Gasteiger partial charge in [0.2, 0.25) is 0 Å². The molecule has 0 aliphatic carbocycles. The van der Waals surface area contributed by atoms with E-state index in [9.17, 15) is 14.0 Å². The summed E-state index contributed by atoms with van der Waals surface area (Å²) >= 11 is 0. The molecule has 1 aliphatic heterocycles. The van der Waals surface area contributed by atoms with Crippen molar-refractivity contribution in [2.75, 3.05) is 19.6 Å². The van der Waals surface area contributed by atoms with E-state index in [0.717, 1.165) is 16.8 Å². The molecule has 1 fully saturated rings. The largest absolute Gasteiger partial charge is 0.333 e. The van der Waals surface area contributed by atoms with Crippen LogP contribution in [0.3, 0.4) is 0 Å². The molecule has 3 aromatic heterocycles. The fourth-order valence-electron chi connectivity index (χ4n) is 5.12. The third kappa shape index (κ3) is 4.91. The molecular formula is C29H34FN7O2. The number of amides is 2. The van der Waals surface area contributed by atoms with Crippen LogP contribution in [-0.2, 0) is 5.41 Å². The molecule has 1 aliphatic rings. The van der Waals surface area contributed by atoms with Gasteiger partial charge >= 0.3 is 0 Å². The molecule has 0 spiro atoms. The number of hydrogen-bond donors (Lipinski definition) is 1. The number of aromatic amines is 1. The summed E-state index contributed by atoms with van der Waals surface area (Å²) in [7, 11) is 0. The number of hydrogen-bond acceptors (Lipinski definition) is 5. The number of piperazine rings is 1.